The summed E-state index contributed by atoms with van der Waals surface area (Å²) >= 11 is 0. The number of nitrogen functional groups attached to an aromatic ring is 1. The Kier molecular flexibility index (Phi) is 6.11. The van der Waals surface area contributed by atoms with Crippen LogP contribution < -0.4 is 11.2 Å². The standard InChI is InChI=1S/C20H24N4O3S/c1-15(18-10-3-4-11-19(18)21)22-23-20(25)16-8-7-9-17(14-16)28(26,27)24-12-5-2-6-13-24/h3-4,7-11,14H,2,5-6,12-13,21H2,1H3,(H,23,25). The molecule has 1 saturated heterocycles. The monoisotopic (exact) mass is 400 g/mol. The number of hydrogen-bond donors (Lipinski definition) is 2. The van der Waals surface area contributed by atoms with Crippen molar-refractivity contribution in [3.8, 4) is 0 Å². The number of anilines is 1. The molecule has 2 aromatic carbocycles. The molecule has 0 unspecified atom stereocenters. The first kappa shape index (κ1) is 20.0. The molecule has 0 spiro atoms. The molecule has 0 saturated carbocycles. The van der Waals surface area contributed by atoms with Crippen LogP contribution in [0.4, 0.5) is 5.69 Å². The number of nitrogens with one attached hydrogen (secondary N) is 1. The fourth-order valence-corrected chi connectivity index (χ4v) is 4.70. The number of sulfonamides is 1. The molecular formula is C20H24N4O3S. The molecule has 3 N–H and O–H groups in total. The van der Waals surface area contributed by atoms with E-state index in [-0.39, 0.29) is 10.5 Å². The molecule has 0 bridgehead atoms. The Bertz CT molecular complexity index is 996. The molecule has 0 atom stereocenters. The highest BCUT2D eigenvalue weighted by molar-refractivity contribution is 7.89. The Morgan fingerprint density at radius 3 is 2.50 bits per heavy atom. The summed E-state index contributed by atoms with van der Waals surface area (Å²) in [6.07, 6.45) is 2.75. The Labute approximate surface area is 165 Å². The Morgan fingerprint density at radius 1 is 1.07 bits per heavy atom. The van der Waals surface area contributed by atoms with Gasteiger partial charge in [0.2, 0.25) is 10.0 Å². The lowest BCUT2D eigenvalue weighted by Gasteiger charge is -2.25. The molecule has 0 aromatic heterocycles. The molecule has 148 valence electrons. The van der Waals surface area contributed by atoms with Crippen LogP contribution in [-0.2, 0) is 10.0 Å². The summed E-state index contributed by atoms with van der Waals surface area (Å²) in [4.78, 5) is 12.6. The van der Waals surface area contributed by atoms with Gasteiger partial charge in [-0.1, -0.05) is 30.7 Å². The SMILES string of the molecule is CC(=NNC(=O)c1cccc(S(=O)(=O)N2CCCCC2)c1)c1ccccc1N. The Hall–Kier alpha value is -2.71. The minimum atomic E-state index is -3.60. The van der Waals surface area contributed by atoms with Crippen LogP contribution in [0.15, 0.2) is 58.5 Å². The summed E-state index contributed by atoms with van der Waals surface area (Å²) in [5, 5.41) is 4.09. The third-order valence-corrected chi connectivity index (χ3v) is 6.62. The number of carbonyl (C=O) groups is 1. The van der Waals surface area contributed by atoms with Crippen LogP contribution in [0.1, 0.15) is 42.1 Å². The summed E-state index contributed by atoms with van der Waals surface area (Å²) in [7, 11) is -3.60. The van der Waals surface area contributed by atoms with Crippen molar-refractivity contribution in [3.63, 3.8) is 0 Å². The van der Waals surface area contributed by atoms with Gasteiger partial charge < -0.3 is 5.73 Å². The molecule has 1 aliphatic heterocycles. The first-order valence-corrected chi connectivity index (χ1v) is 10.6. The van der Waals surface area contributed by atoms with E-state index in [1.165, 1.54) is 16.4 Å². The van der Waals surface area contributed by atoms with Gasteiger partial charge in [-0.3, -0.25) is 4.79 Å². The number of nitrogens with two attached hydrogens (primary N) is 1. The van der Waals surface area contributed by atoms with Crippen LogP contribution >= 0.6 is 0 Å². The molecule has 1 fully saturated rings. The van der Waals surface area contributed by atoms with Crippen molar-refractivity contribution in [2.75, 3.05) is 18.8 Å². The van der Waals surface area contributed by atoms with E-state index < -0.39 is 15.9 Å². The first-order chi connectivity index (χ1) is 13.4. The number of piperidine rings is 1. The van der Waals surface area contributed by atoms with Crippen LogP contribution in [0.3, 0.4) is 0 Å². The second-order valence-electron chi connectivity index (χ2n) is 6.72. The molecule has 0 aliphatic carbocycles. The van der Waals surface area contributed by atoms with Gasteiger partial charge in [0.1, 0.15) is 0 Å². The van der Waals surface area contributed by atoms with E-state index in [0.717, 1.165) is 24.8 Å². The van der Waals surface area contributed by atoms with E-state index in [0.29, 0.717) is 24.5 Å². The molecular weight excluding hydrogens is 376 g/mol. The van der Waals surface area contributed by atoms with E-state index in [2.05, 4.69) is 10.5 Å². The van der Waals surface area contributed by atoms with Gasteiger partial charge in [0.15, 0.2) is 0 Å². The van der Waals surface area contributed by atoms with Gasteiger partial charge in [0.25, 0.3) is 5.91 Å². The molecule has 1 heterocycles. The summed E-state index contributed by atoms with van der Waals surface area (Å²) < 4.78 is 27.1. The van der Waals surface area contributed by atoms with Crippen LogP contribution in [0.5, 0.6) is 0 Å². The van der Waals surface area contributed by atoms with E-state index in [1.807, 2.05) is 18.2 Å². The van der Waals surface area contributed by atoms with E-state index in [9.17, 15) is 13.2 Å². The fourth-order valence-electron chi connectivity index (χ4n) is 3.14. The third-order valence-electron chi connectivity index (χ3n) is 4.72. The number of rotatable bonds is 5. The molecule has 2 aromatic rings. The normalized spacial score (nSPS) is 16.0. The summed E-state index contributed by atoms with van der Waals surface area (Å²) in [5.74, 6) is -0.482. The van der Waals surface area contributed by atoms with Gasteiger partial charge in [-0.05, 0) is 44.0 Å². The topological polar surface area (TPSA) is 105 Å². The van der Waals surface area contributed by atoms with Crippen molar-refractivity contribution >= 4 is 27.3 Å². The minimum absolute atomic E-state index is 0.120. The maximum Gasteiger partial charge on any atom is 0.271 e. The maximum atomic E-state index is 12.8. The van der Waals surface area contributed by atoms with Crippen molar-refractivity contribution in [2.45, 2.75) is 31.1 Å². The average Bonchev–Trinajstić information content (AvgIpc) is 2.73. The molecule has 3 rings (SSSR count). The molecule has 1 amide bonds. The number of benzene rings is 2. The van der Waals surface area contributed by atoms with E-state index >= 15 is 0 Å². The second-order valence-corrected chi connectivity index (χ2v) is 8.66. The molecule has 0 radical (unpaired) electrons. The third kappa shape index (κ3) is 4.40. The summed E-state index contributed by atoms with van der Waals surface area (Å²) in [6.45, 7) is 2.77. The predicted octanol–water partition coefficient (Wildman–Crippen LogP) is 2.60. The van der Waals surface area contributed by atoms with Gasteiger partial charge in [-0.25, -0.2) is 13.8 Å². The Morgan fingerprint density at radius 2 is 1.79 bits per heavy atom. The van der Waals surface area contributed by atoms with Gasteiger partial charge >= 0.3 is 0 Å². The molecule has 7 nitrogen and oxygen atoms in total. The van der Waals surface area contributed by atoms with Crippen LogP contribution in [0, 0.1) is 0 Å². The molecule has 28 heavy (non-hydrogen) atoms. The van der Waals surface area contributed by atoms with Crippen LogP contribution in [0.2, 0.25) is 0 Å². The number of nitrogens with zero attached hydrogens (tertiary/aromatic N) is 2. The summed E-state index contributed by atoms with van der Waals surface area (Å²) in [6, 6.07) is 13.3. The lowest BCUT2D eigenvalue weighted by molar-refractivity contribution is 0.0954. The number of carbonyl (C=O) groups excluding carboxylic acids is 1. The largest absolute Gasteiger partial charge is 0.398 e. The average molecular weight is 401 g/mol. The lowest BCUT2D eigenvalue weighted by Crippen LogP contribution is -2.35. The number of hydrazone groups is 1. The van der Waals surface area contributed by atoms with Crippen molar-refractivity contribution in [2.24, 2.45) is 5.10 Å². The minimum Gasteiger partial charge on any atom is -0.398 e. The van der Waals surface area contributed by atoms with Crippen molar-refractivity contribution in [1.29, 1.82) is 0 Å². The van der Waals surface area contributed by atoms with Gasteiger partial charge in [0.05, 0.1) is 10.6 Å². The second kappa shape index (κ2) is 8.53. The van der Waals surface area contributed by atoms with Crippen molar-refractivity contribution < 1.29 is 13.2 Å². The zero-order valence-corrected chi connectivity index (χ0v) is 16.6. The number of para-hydroxylation sites is 1. The molecule has 1 aliphatic rings. The van der Waals surface area contributed by atoms with Gasteiger partial charge in [-0.15, -0.1) is 0 Å². The predicted molar refractivity (Wildman–Crippen MR) is 110 cm³/mol. The van der Waals surface area contributed by atoms with Gasteiger partial charge in [0, 0.05) is 29.9 Å². The zero-order valence-electron chi connectivity index (χ0n) is 15.8. The fraction of sp³-hybridized carbons (Fsp3) is 0.300. The zero-order chi connectivity index (χ0) is 20.1. The molecule has 8 heteroatoms. The number of amides is 1. The summed E-state index contributed by atoms with van der Waals surface area (Å²) in [5.41, 5.74) is 10.5. The van der Waals surface area contributed by atoms with E-state index in [4.69, 9.17) is 5.73 Å². The Balaban J connectivity index is 1.77. The highest BCUT2D eigenvalue weighted by atomic mass is 32.2. The van der Waals surface area contributed by atoms with Gasteiger partial charge in [-0.2, -0.15) is 9.41 Å². The van der Waals surface area contributed by atoms with Crippen molar-refractivity contribution in [1.82, 2.24) is 9.73 Å². The maximum absolute atomic E-state index is 12.8. The highest BCUT2D eigenvalue weighted by Crippen LogP contribution is 2.21. The first-order valence-electron chi connectivity index (χ1n) is 9.19. The highest BCUT2D eigenvalue weighted by Gasteiger charge is 2.26. The number of hydrogen-bond acceptors (Lipinski definition) is 5. The quantitative estimate of drug-likeness (QED) is 0.457. The van der Waals surface area contributed by atoms with Crippen molar-refractivity contribution in [3.05, 3.63) is 59.7 Å². The lowest BCUT2D eigenvalue weighted by atomic mass is 10.1. The van der Waals surface area contributed by atoms with E-state index in [1.54, 1.807) is 25.1 Å². The smallest absolute Gasteiger partial charge is 0.271 e. The van der Waals surface area contributed by atoms with Crippen LogP contribution in [0.25, 0.3) is 0 Å². The van der Waals surface area contributed by atoms with Crippen LogP contribution in [-0.4, -0.2) is 37.4 Å².